The quantitative estimate of drug-likeness (QED) is 0.376. The Morgan fingerprint density at radius 1 is 1.06 bits per heavy atom. The van der Waals surface area contributed by atoms with Gasteiger partial charge in [0.05, 0.1) is 24.3 Å². The highest BCUT2D eigenvalue weighted by molar-refractivity contribution is 6.25. The van der Waals surface area contributed by atoms with E-state index in [1.165, 1.54) is 0 Å². The summed E-state index contributed by atoms with van der Waals surface area (Å²) in [4.78, 5) is 52.8. The standard InChI is InChI=1S/C22H29N5O5/c23-14-6-9-26(10-7-14)11-13-32-12-8-24-16-3-1-2-15-19(16)22(31)27(21(15)30)17-4-5-18(28)25-20(17)29/h1-3,14,17,24H,4-13,23H2,(H,25,28,29). The van der Waals surface area contributed by atoms with Gasteiger partial charge in [0.25, 0.3) is 11.8 Å². The van der Waals surface area contributed by atoms with Gasteiger partial charge in [-0.15, -0.1) is 0 Å². The lowest BCUT2D eigenvalue weighted by Gasteiger charge is -2.29. The summed E-state index contributed by atoms with van der Waals surface area (Å²) in [6.07, 6.45) is 2.26. The van der Waals surface area contributed by atoms with Crippen LogP contribution in [0.5, 0.6) is 0 Å². The second-order valence-corrected chi connectivity index (χ2v) is 8.39. The zero-order chi connectivity index (χ0) is 22.7. The van der Waals surface area contributed by atoms with Gasteiger partial charge >= 0.3 is 0 Å². The molecule has 3 aliphatic rings. The van der Waals surface area contributed by atoms with Crippen LogP contribution in [0.4, 0.5) is 5.69 Å². The summed E-state index contributed by atoms with van der Waals surface area (Å²) in [7, 11) is 0. The predicted octanol–water partition coefficient (Wildman–Crippen LogP) is -0.0606. The first-order valence-corrected chi connectivity index (χ1v) is 11.1. The third-order valence-electron chi connectivity index (χ3n) is 6.21. The zero-order valence-electron chi connectivity index (χ0n) is 18.0. The molecule has 0 saturated carbocycles. The number of amides is 4. The van der Waals surface area contributed by atoms with Gasteiger partial charge in [-0.25, -0.2) is 0 Å². The number of piperidine rings is 2. The number of ether oxygens (including phenoxy) is 1. The maximum Gasteiger partial charge on any atom is 0.264 e. The molecule has 2 saturated heterocycles. The molecule has 1 atom stereocenters. The van der Waals surface area contributed by atoms with Gasteiger partial charge in [0, 0.05) is 31.2 Å². The van der Waals surface area contributed by atoms with Gasteiger partial charge in [-0.05, 0) is 44.5 Å². The van der Waals surface area contributed by atoms with Crippen molar-refractivity contribution in [3.05, 3.63) is 29.3 Å². The highest BCUT2D eigenvalue weighted by Crippen LogP contribution is 2.32. The molecule has 10 heteroatoms. The van der Waals surface area contributed by atoms with Crippen molar-refractivity contribution in [1.82, 2.24) is 15.1 Å². The monoisotopic (exact) mass is 443 g/mol. The third-order valence-corrected chi connectivity index (χ3v) is 6.21. The Morgan fingerprint density at radius 2 is 1.84 bits per heavy atom. The van der Waals surface area contributed by atoms with Crippen LogP contribution >= 0.6 is 0 Å². The van der Waals surface area contributed by atoms with Gasteiger partial charge in [-0.2, -0.15) is 0 Å². The van der Waals surface area contributed by atoms with Crippen molar-refractivity contribution >= 4 is 29.3 Å². The van der Waals surface area contributed by atoms with Crippen LogP contribution in [-0.4, -0.2) is 84.9 Å². The summed E-state index contributed by atoms with van der Waals surface area (Å²) in [6.45, 7) is 4.40. The van der Waals surface area contributed by atoms with Gasteiger partial charge in [0.2, 0.25) is 11.8 Å². The first-order chi connectivity index (χ1) is 15.5. The number of nitrogens with zero attached hydrogens (tertiary/aromatic N) is 2. The molecule has 3 aliphatic heterocycles. The minimum absolute atomic E-state index is 0.0937. The van der Waals surface area contributed by atoms with E-state index in [0.29, 0.717) is 31.5 Å². The van der Waals surface area contributed by atoms with Crippen molar-refractivity contribution in [2.45, 2.75) is 37.8 Å². The lowest BCUT2D eigenvalue weighted by Crippen LogP contribution is -2.54. The van der Waals surface area contributed by atoms with Crippen LogP contribution < -0.4 is 16.4 Å². The Morgan fingerprint density at radius 3 is 2.59 bits per heavy atom. The van der Waals surface area contributed by atoms with E-state index in [0.717, 1.165) is 37.4 Å². The molecule has 1 unspecified atom stereocenters. The molecular weight excluding hydrogens is 414 g/mol. The molecular formula is C22H29N5O5. The van der Waals surface area contributed by atoms with E-state index in [1.54, 1.807) is 18.2 Å². The molecule has 0 radical (unpaired) electrons. The van der Waals surface area contributed by atoms with Crippen LogP contribution in [0.2, 0.25) is 0 Å². The molecule has 1 aromatic rings. The second kappa shape index (κ2) is 9.76. The van der Waals surface area contributed by atoms with E-state index in [1.807, 2.05) is 0 Å². The first-order valence-electron chi connectivity index (χ1n) is 11.1. The van der Waals surface area contributed by atoms with E-state index < -0.39 is 29.7 Å². The molecule has 172 valence electrons. The van der Waals surface area contributed by atoms with Crippen molar-refractivity contribution in [3.63, 3.8) is 0 Å². The van der Waals surface area contributed by atoms with E-state index in [9.17, 15) is 19.2 Å². The molecule has 10 nitrogen and oxygen atoms in total. The number of likely N-dealkylation sites (tertiary alicyclic amines) is 1. The maximum absolute atomic E-state index is 13.0. The number of carbonyl (C=O) groups excluding carboxylic acids is 4. The number of anilines is 1. The molecule has 0 spiro atoms. The minimum atomic E-state index is -0.972. The summed E-state index contributed by atoms with van der Waals surface area (Å²) < 4.78 is 5.71. The largest absolute Gasteiger partial charge is 0.382 e. The van der Waals surface area contributed by atoms with Crippen LogP contribution in [0, 0.1) is 0 Å². The predicted molar refractivity (Wildman–Crippen MR) is 116 cm³/mol. The summed E-state index contributed by atoms with van der Waals surface area (Å²) in [5.74, 6) is -2.05. The van der Waals surface area contributed by atoms with Gasteiger partial charge in [-0.3, -0.25) is 29.4 Å². The van der Waals surface area contributed by atoms with E-state index in [4.69, 9.17) is 10.5 Å². The SMILES string of the molecule is NC1CCN(CCOCCNc2cccc3c2C(=O)N(C2CCC(=O)NC2=O)C3=O)CC1. The van der Waals surface area contributed by atoms with Crippen LogP contribution in [-0.2, 0) is 14.3 Å². The molecule has 4 amide bonds. The average Bonchev–Trinajstić information content (AvgIpc) is 3.03. The molecule has 0 aromatic heterocycles. The van der Waals surface area contributed by atoms with Crippen LogP contribution in [0.1, 0.15) is 46.4 Å². The molecule has 2 fully saturated rings. The molecule has 0 aliphatic carbocycles. The number of hydrogen-bond donors (Lipinski definition) is 3. The number of carbonyl (C=O) groups is 4. The summed E-state index contributed by atoms with van der Waals surface area (Å²) in [5, 5.41) is 5.38. The smallest absolute Gasteiger partial charge is 0.264 e. The number of imide groups is 2. The Kier molecular flexibility index (Phi) is 6.83. The van der Waals surface area contributed by atoms with Crippen LogP contribution in [0.25, 0.3) is 0 Å². The average molecular weight is 444 g/mol. The molecule has 4 rings (SSSR count). The van der Waals surface area contributed by atoms with Crippen LogP contribution in [0.3, 0.4) is 0 Å². The fraction of sp³-hybridized carbons (Fsp3) is 0.545. The van der Waals surface area contributed by atoms with Crippen molar-refractivity contribution in [1.29, 1.82) is 0 Å². The molecule has 32 heavy (non-hydrogen) atoms. The number of fused-ring (bicyclic) bond motifs is 1. The highest BCUT2D eigenvalue weighted by Gasteiger charge is 2.45. The number of benzene rings is 1. The Hall–Kier alpha value is -2.82. The Balaban J connectivity index is 1.30. The summed E-state index contributed by atoms with van der Waals surface area (Å²) in [5.41, 5.74) is 6.97. The van der Waals surface area contributed by atoms with Crippen molar-refractivity contribution < 1.29 is 23.9 Å². The fourth-order valence-electron chi connectivity index (χ4n) is 4.39. The maximum atomic E-state index is 13.0. The van der Waals surface area contributed by atoms with E-state index >= 15 is 0 Å². The van der Waals surface area contributed by atoms with Gasteiger partial charge in [-0.1, -0.05) is 6.07 Å². The summed E-state index contributed by atoms with van der Waals surface area (Å²) >= 11 is 0. The van der Waals surface area contributed by atoms with Crippen LogP contribution in [0.15, 0.2) is 18.2 Å². The molecule has 3 heterocycles. The lowest BCUT2D eigenvalue weighted by atomic mass is 10.0. The molecule has 1 aromatic carbocycles. The van der Waals surface area contributed by atoms with Gasteiger partial charge in [0.15, 0.2) is 0 Å². The number of nitrogens with one attached hydrogen (secondary N) is 2. The highest BCUT2D eigenvalue weighted by atomic mass is 16.5. The van der Waals surface area contributed by atoms with E-state index in [-0.39, 0.29) is 24.0 Å². The summed E-state index contributed by atoms with van der Waals surface area (Å²) in [6, 6.07) is 4.34. The normalized spacial score (nSPS) is 22.3. The van der Waals surface area contributed by atoms with E-state index in [2.05, 4.69) is 15.5 Å². The molecule has 4 N–H and O–H groups in total. The van der Waals surface area contributed by atoms with Gasteiger partial charge in [0.1, 0.15) is 6.04 Å². The minimum Gasteiger partial charge on any atom is -0.382 e. The molecule has 0 bridgehead atoms. The number of nitrogens with two attached hydrogens (primary N) is 1. The van der Waals surface area contributed by atoms with Crippen molar-refractivity contribution in [2.24, 2.45) is 5.73 Å². The zero-order valence-corrected chi connectivity index (χ0v) is 18.0. The third kappa shape index (κ3) is 4.67. The topological polar surface area (TPSA) is 134 Å². The Bertz CT molecular complexity index is 912. The second-order valence-electron chi connectivity index (χ2n) is 8.39. The number of hydrogen-bond acceptors (Lipinski definition) is 8. The first kappa shape index (κ1) is 22.4. The fourth-order valence-corrected chi connectivity index (χ4v) is 4.39. The van der Waals surface area contributed by atoms with Crippen molar-refractivity contribution in [3.8, 4) is 0 Å². The number of rotatable bonds is 8. The lowest BCUT2D eigenvalue weighted by molar-refractivity contribution is -0.136. The van der Waals surface area contributed by atoms with Gasteiger partial charge < -0.3 is 20.7 Å². The van der Waals surface area contributed by atoms with Crippen molar-refractivity contribution in [2.75, 3.05) is 44.7 Å². The Labute approximate surface area is 186 Å².